The van der Waals surface area contributed by atoms with Gasteiger partial charge in [-0.15, -0.1) is 12.4 Å². The molecule has 0 radical (unpaired) electrons. The molecule has 2 fully saturated rings. The van der Waals surface area contributed by atoms with Crippen LogP contribution in [0.5, 0.6) is 0 Å². The van der Waals surface area contributed by atoms with Crippen molar-refractivity contribution in [1.29, 1.82) is 0 Å². The Morgan fingerprint density at radius 2 is 2.12 bits per heavy atom. The lowest BCUT2D eigenvalue weighted by Crippen LogP contribution is -2.49. The summed E-state index contributed by atoms with van der Waals surface area (Å²) in [6.07, 6.45) is 3.21. The van der Waals surface area contributed by atoms with Crippen molar-refractivity contribution in [2.45, 2.75) is 37.3 Å². The molecule has 1 spiro atoms. The van der Waals surface area contributed by atoms with Crippen molar-refractivity contribution >= 4 is 30.3 Å². The molecular weight excluding hydrogens is 356 g/mol. The Hall–Kier alpha value is -2.12. The van der Waals surface area contributed by atoms with Crippen molar-refractivity contribution < 1.29 is 14.4 Å². The fraction of sp³-hybridized carbons (Fsp3) is 0.500. The number of urea groups is 1. The van der Waals surface area contributed by atoms with Crippen LogP contribution in [0.1, 0.15) is 30.4 Å². The van der Waals surface area contributed by atoms with Gasteiger partial charge in [-0.3, -0.25) is 14.5 Å². The van der Waals surface area contributed by atoms with Gasteiger partial charge in [0.2, 0.25) is 5.91 Å². The Morgan fingerprint density at radius 3 is 2.88 bits per heavy atom. The first-order valence-electron chi connectivity index (χ1n) is 8.83. The number of rotatable bonds is 3. The fourth-order valence-electron chi connectivity index (χ4n) is 4.13. The van der Waals surface area contributed by atoms with Gasteiger partial charge in [0, 0.05) is 12.6 Å². The number of nitrogens with zero attached hydrogens (tertiary/aromatic N) is 1. The molecule has 3 aliphatic rings. The van der Waals surface area contributed by atoms with Crippen LogP contribution in [-0.2, 0) is 21.5 Å². The monoisotopic (exact) mass is 378 g/mol. The summed E-state index contributed by atoms with van der Waals surface area (Å²) in [7, 11) is 0. The van der Waals surface area contributed by atoms with Gasteiger partial charge in [0.1, 0.15) is 12.1 Å². The highest BCUT2D eigenvalue weighted by atomic mass is 35.5. The Balaban J connectivity index is 0.00000196. The van der Waals surface area contributed by atoms with E-state index in [0.717, 1.165) is 48.4 Å². The quantitative estimate of drug-likeness (QED) is 0.674. The van der Waals surface area contributed by atoms with Gasteiger partial charge in [-0.2, -0.15) is 0 Å². The second-order valence-corrected chi connectivity index (χ2v) is 6.99. The Morgan fingerprint density at radius 1 is 1.31 bits per heavy atom. The smallest absolute Gasteiger partial charge is 0.325 e. The SMILES string of the molecule is Cl.O=C(CN1C(=O)NC2(CCc3ccccc32)C1=O)NC1CCCNC1. The number of nitrogens with one attached hydrogen (secondary N) is 3. The largest absolute Gasteiger partial charge is 0.351 e. The lowest BCUT2D eigenvalue weighted by molar-refractivity contribution is -0.135. The van der Waals surface area contributed by atoms with Gasteiger partial charge < -0.3 is 16.0 Å². The van der Waals surface area contributed by atoms with Crippen LogP contribution < -0.4 is 16.0 Å². The highest BCUT2D eigenvalue weighted by molar-refractivity contribution is 6.09. The molecule has 0 saturated carbocycles. The highest BCUT2D eigenvalue weighted by Crippen LogP contribution is 2.41. The highest BCUT2D eigenvalue weighted by Gasteiger charge is 2.55. The van der Waals surface area contributed by atoms with Crippen molar-refractivity contribution in [2.75, 3.05) is 19.6 Å². The maximum absolute atomic E-state index is 13.0. The van der Waals surface area contributed by atoms with Crippen LogP contribution in [0.4, 0.5) is 4.79 Å². The zero-order valence-electron chi connectivity index (χ0n) is 14.4. The minimum atomic E-state index is -1.000. The maximum atomic E-state index is 13.0. The van der Waals surface area contributed by atoms with E-state index in [-0.39, 0.29) is 36.8 Å². The molecule has 7 nitrogen and oxygen atoms in total. The summed E-state index contributed by atoms with van der Waals surface area (Å²) in [5.74, 6) is -0.611. The van der Waals surface area contributed by atoms with Crippen LogP contribution >= 0.6 is 12.4 Å². The number of amides is 4. The second kappa shape index (κ2) is 7.25. The average Bonchev–Trinajstić information content (AvgIpc) is 3.10. The molecular formula is C18H23ClN4O3. The molecule has 4 amide bonds. The van der Waals surface area contributed by atoms with Gasteiger partial charge >= 0.3 is 6.03 Å². The molecule has 8 heteroatoms. The van der Waals surface area contributed by atoms with Crippen LogP contribution in [0.15, 0.2) is 24.3 Å². The van der Waals surface area contributed by atoms with Crippen molar-refractivity contribution in [3.05, 3.63) is 35.4 Å². The lowest BCUT2D eigenvalue weighted by Gasteiger charge is -2.25. The summed E-state index contributed by atoms with van der Waals surface area (Å²) < 4.78 is 0. The van der Waals surface area contributed by atoms with Crippen molar-refractivity contribution in [3.8, 4) is 0 Å². The average molecular weight is 379 g/mol. The van der Waals surface area contributed by atoms with Gasteiger partial charge in [0.05, 0.1) is 0 Å². The van der Waals surface area contributed by atoms with Gasteiger partial charge in [0.15, 0.2) is 0 Å². The molecule has 0 bridgehead atoms. The van der Waals surface area contributed by atoms with E-state index in [0.29, 0.717) is 6.42 Å². The molecule has 2 atom stereocenters. The van der Waals surface area contributed by atoms with E-state index in [9.17, 15) is 14.4 Å². The molecule has 1 aliphatic carbocycles. The number of imide groups is 1. The first-order chi connectivity index (χ1) is 12.1. The van der Waals surface area contributed by atoms with E-state index >= 15 is 0 Å². The third kappa shape index (κ3) is 3.05. The summed E-state index contributed by atoms with van der Waals surface area (Å²) >= 11 is 0. The molecule has 140 valence electrons. The summed E-state index contributed by atoms with van der Waals surface area (Å²) in [6.45, 7) is 1.45. The fourth-order valence-corrected chi connectivity index (χ4v) is 4.13. The van der Waals surface area contributed by atoms with Crippen molar-refractivity contribution in [1.82, 2.24) is 20.9 Å². The minimum Gasteiger partial charge on any atom is -0.351 e. The van der Waals surface area contributed by atoms with Crippen LogP contribution in [0, 0.1) is 0 Å². The third-order valence-electron chi connectivity index (χ3n) is 5.39. The zero-order chi connectivity index (χ0) is 17.4. The van der Waals surface area contributed by atoms with Crippen LogP contribution in [-0.4, -0.2) is 48.4 Å². The summed E-state index contributed by atoms with van der Waals surface area (Å²) in [5, 5.41) is 8.98. The Labute approximate surface area is 158 Å². The van der Waals surface area contributed by atoms with Gasteiger partial charge in [-0.25, -0.2) is 4.79 Å². The third-order valence-corrected chi connectivity index (χ3v) is 5.39. The minimum absolute atomic E-state index is 0. The first kappa shape index (κ1) is 18.7. The summed E-state index contributed by atoms with van der Waals surface area (Å²) in [4.78, 5) is 38.7. The van der Waals surface area contributed by atoms with Gasteiger partial charge in [-0.05, 0) is 43.4 Å². The predicted molar refractivity (Wildman–Crippen MR) is 98.0 cm³/mol. The van der Waals surface area contributed by atoms with E-state index in [1.807, 2.05) is 24.3 Å². The van der Waals surface area contributed by atoms with E-state index in [1.54, 1.807) is 0 Å². The molecule has 2 aliphatic heterocycles. The Kier molecular flexibility index (Phi) is 5.20. The van der Waals surface area contributed by atoms with E-state index < -0.39 is 11.6 Å². The number of fused-ring (bicyclic) bond motifs is 2. The second-order valence-electron chi connectivity index (χ2n) is 6.99. The molecule has 2 unspecified atom stereocenters. The Bertz CT molecular complexity index is 735. The topological polar surface area (TPSA) is 90.5 Å². The van der Waals surface area contributed by atoms with Crippen LogP contribution in [0.2, 0.25) is 0 Å². The molecule has 3 N–H and O–H groups in total. The van der Waals surface area contributed by atoms with Crippen LogP contribution in [0.25, 0.3) is 0 Å². The number of hydrogen-bond donors (Lipinski definition) is 3. The lowest BCUT2D eigenvalue weighted by atomic mass is 9.92. The number of benzene rings is 1. The standard InChI is InChI=1S/C18H22N4O3.ClH/c23-15(20-13-5-3-9-19-10-13)11-22-16(24)18(21-17(22)25)8-7-12-4-1-2-6-14(12)18;/h1-2,4,6,13,19H,3,5,7-11H2,(H,20,23)(H,21,25);1H. The van der Waals surface area contributed by atoms with Gasteiger partial charge in [0.25, 0.3) is 5.91 Å². The van der Waals surface area contributed by atoms with Crippen molar-refractivity contribution in [3.63, 3.8) is 0 Å². The molecule has 2 heterocycles. The zero-order valence-corrected chi connectivity index (χ0v) is 15.2. The van der Waals surface area contributed by atoms with Gasteiger partial charge in [-0.1, -0.05) is 24.3 Å². The summed E-state index contributed by atoms with van der Waals surface area (Å²) in [5.41, 5.74) is 0.934. The molecule has 1 aromatic carbocycles. The van der Waals surface area contributed by atoms with Crippen molar-refractivity contribution in [2.24, 2.45) is 0 Å². The van der Waals surface area contributed by atoms with E-state index in [2.05, 4.69) is 16.0 Å². The predicted octanol–water partition coefficient (Wildman–Crippen LogP) is 0.670. The van der Waals surface area contributed by atoms with E-state index in [4.69, 9.17) is 0 Å². The number of piperidine rings is 1. The number of aryl methyl sites for hydroxylation is 1. The molecule has 0 aromatic heterocycles. The molecule has 2 saturated heterocycles. The van der Waals surface area contributed by atoms with Crippen LogP contribution in [0.3, 0.4) is 0 Å². The number of halogens is 1. The normalized spacial score (nSPS) is 27.1. The maximum Gasteiger partial charge on any atom is 0.325 e. The number of hydrogen-bond acceptors (Lipinski definition) is 4. The first-order valence-corrected chi connectivity index (χ1v) is 8.83. The number of carbonyl (C=O) groups is 3. The molecule has 1 aromatic rings. The molecule has 26 heavy (non-hydrogen) atoms. The summed E-state index contributed by atoms with van der Waals surface area (Å²) in [6, 6.07) is 7.24. The van der Waals surface area contributed by atoms with E-state index in [1.165, 1.54) is 0 Å². The molecule has 4 rings (SSSR count). The number of carbonyl (C=O) groups excluding carboxylic acids is 3.